The minimum Gasteiger partial charge on any atom is -0.267 e. The Hall–Kier alpha value is -0.440. The van der Waals surface area contributed by atoms with Gasteiger partial charge in [-0.05, 0) is 13.3 Å². The van der Waals surface area contributed by atoms with Crippen LogP contribution in [0.2, 0.25) is 0 Å². The maximum absolute atomic E-state index is 11.7. The van der Waals surface area contributed by atoms with E-state index in [-0.39, 0.29) is 16.6 Å². The molecule has 0 saturated heterocycles. The van der Waals surface area contributed by atoms with Gasteiger partial charge in [-0.3, -0.25) is 4.79 Å². The van der Waals surface area contributed by atoms with Gasteiger partial charge in [0, 0.05) is 16.6 Å². The molecule has 0 radical (unpaired) electrons. The van der Waals surface area contributed by atoms with Crippen molar-refractivity contribution in [1.82, 2.24) is 0 Å². The summed E-state index contributed by atoms with van der Waals surface area (Å²) < 4.78 is 4.31. The Bertz CT molecular complexity index is 280. The summed E-state index contributed by atoms with van der Waals surface area (Å²) in [4.78, 5) is 11.7. The van der Waals surface area contributed by atoms with Gasteiger partial charge in [-0.25, -0.2) is 0 Å². The van der Waals surface area contributed by atoms with E-state index in [2.05, 4.69) is 39.0 Å². The fraction of sp³-hybridized carbons (Fsp3) is 0.769. The molecule has 0 spiro atoms. The van der Waals surface area contributed by atoms with Gasteiger partial charge in [0.05, 0.1) is 0 Å². The lowest BCUT2D eigenvalue weighted by Crippen LogP contribution is -2.17. The minimum atomic E-state index is -0.147. The fourth-order valence-corrected chi connectivity index (χ4v) is 3.33. The van der Waals surface area contributed by atoms with E-state index in [1.54, 1.807) is 6.08 Å². The lowest BCUT2D eigenvalue weighted by molar-refractivity contribution is -0.113. The first-order valence-electron chi connectivity index (χ1n) is 6.03. The maximum Gasteiger partial charge on any atom is 0.275 e. The van der Waals surface area contributed by atoms with E-state index >= 15 is 0 Å². The number of nitrogens with zero attached hydrogens (tertiary/aromatic N) is 1. The normalized spacial score (nSPS) is 12.7. The van der Waals surface area contributed by atoms with E-state index < -0.39 is 0 Å². The van der Waals surface area contributed by atoms with E-state index in [4.69, 9.17) is 0 Å². The first-order chi connectivity index (χ1) is 7.38. The summed E-state index contributed by atoms with van der Waals surface area (Å²) >= 11 is 0. The van der Waals surface area contributed by atoms with E-state index in [0.717, 1.165) is 18.4 Å². The highest BCUT2D eigenvalue weighted by molar-refractivity contribution is 7.88. The van der Waals surface area contributed by atoms with Gasteiger partial charge in [-0.15, -0.1) is 0 Å². The molecular weight excluding hydrogens is 218 g/mol. The topological polar surface area (TPSA) is 29.4 Å². The van der Waals surface area contributed by atoms with Crippen LogP contribution in [0.5, 0.6) is 0 Å². The highest BCUT2D eigenvalue weighted by atomic mass is 32.2. The minimum absolute atomic E-state index is 0.0586. The molecule has 0 rings (SSSR count). The van der Waals surface area contributed by atoms with E-state index in [0.29, 0.717) is 10.5 Å². The van der Waals surface area contributed by atoms with Crippen LogP contribution in [0.4, 0.5) is 0 Å². The molecule has 0 aromatic carbocycles. The number of hydrogen-bond donors (Lipinski definition) is 0. The number of amides is 1. The molecule has 1 amide bonds. The van der Waals surface area contributed by atoms with Crippen molar-refractivity contribution in [2.24, 2.45) is 4.36 Å². The zero-order chi connectivity index (χ0) is 12.7. The summed E-state index contributed by atoms with van der Waals surface area (Å²) in [7, 11) is -0.147. The summed E-state index contributed by atoms with van der Waals surface area (Å²) in [5.74, 6) is -0.0586. The van der Waals surface area contributed by atoms with Crippen LogP contribution >= 0.6 is 0 Å². The Morgan fingerprint density at radius 2 is 1.75 bits per heavy atom. The second kappa shape index (κ2) is 7.77. The SMILES string of the molecule is CCCC(C)=CC(=O)N=S(C(C)C)C(C)C. The van der Waals surface area contributed by atoms with Gasteiger partial charge in [0.1, 0.15) is 0 Å². The predicted octanol–water partition coefficient (Wildman–Crippen LogP) is 3.88. The molecule has 0 aromatic rings. The Morgan fingerprint density at radius 1 is 1.25 bits per heavy atom. The van der Waals surface area contributed by atoms with Crippen LogP contribution in [-0.4, -0.2) is 16.4 Å². The third-order valence-corrected chi connectivity index (χ3v) is 4.50. The molecule has 0 atom stereocenters. The maximum atomic E-state index is 11.7. The van der Waals surface area contributed by atoms with Crippen molar-refractivity contribution in [2.45, 2.75) is 64.9 Å². The largest absolute Gasteiger partial charge is 0.275 e. The van der Waals surface area contributed by atoms with Gasteiger partial charge >= 0.3 is 0 Å². The van der Waals surface area contributed by atoms with Crippen molar-refractivity contribution in [3.63, 3.8) is 0 Å². The molecule has 3 heteroatoms. The zero-order valence-electron chi connectivity index (χ0n) is 11.4. The molecule has 0 fully saturated rings. The van der Waals surface area contributed by atoms with Gasteiger partial charge in [0.2, 0.25) is 0 Å². The van der Waals surface area contributed by atoms with Crippen molar-refractivity contribution in [3.8, 4) is 0 Å². The lowest BCUT2D eigenvalue weighted by atomic mass is 10.2. The predicted molar refractivity (Wildman–Crippen MR) is 73.7 cm³/mol. The van der Waals surface area contributed by atoms with Crippen molar-refractivity contribution < 1.29 is 4.79 Å². The summed E-state index contributed by atoms with van der Waals surface area (Å²) in [5, 5.41) is 0.896. The van der Waals surface area contributed by atoms with Crippen LogP contribution in [0.15, 0.2) is 16.0 Å². The Labute approximate surface area is 103 Å². The van der Waals surface area contributed by atoms with Crippen LogP contribution in [-0.2, 0) is 15.5 Å². The smallest absolute Gasteiger partial charge is 0.267 e. The summed E-state index contributed by atoms with van der Waals surface area (Å²) in [6, 6.07) is 0. The summed E-state index contributed by atoms with van der Waals surface area (Å²) in [5.41, 5.74) is 1.13. The van der Waals surface area contributed by atoms with Crippen LogP contribution < -0.4 is 0 Å². The van der Waals surface area contributed by atoms with Crippen molar-refractivity contribution >= 4 is 16.6 Å². The third-order valence-electron chi connectivity index (χ3n) is 2.18. The lowest BCUT2D eigenvalue weighted by Gasteiger charge is -2.14. The molecule has 0 aromatic heterocycles. The second-order valence-corrected chi connectivity index (χ2v) is 7.38. The standard InChI is InChI=1S/C13H25NOS/c1-7-8-12(6)9-13(15)14-16(10(2)3)11(4)5/h9-11H,7-8H2,1-6H3. The quantitative estimate of drug-likeness (QED) is 0.674. The number of allylic oxidation sites excluding steroid dienone is 1. The van der Waals surface area contributed by atoms with Crippen LogP contribution in [0.25, 0.3) is 0 Å². The van der Waals surface area contributed by atoms with Crippen LogP contribution in [0.3, 0.4) is 0 Å². The molecule has 0 saturated carbocycles. The molecule has 0 aliphatic heterocycles. The van der Waals surface area contributed by atoms with E-state index in [1.807, 2.05) is 6.92 Å². The molecule has 16 heavy (non-hydrogen) atoms. The second-order valence-electron chi connectivity index (χ2n) is 4.61. The van der Waals surface area contributed by atoms with Gasteiger partial charge < -0.3 is 0 Å². The molecule has 0 bridgehead atoms. The van der Waals surface area contributed by atoms with Crippen molar-refractivity contribution in [2.75, 3.05) is 0 Å². The number of carbonyl (C=O) groups excluding carboxylic acids is 1. The average molecular weight is 243 g/mol. The molecular formula is C13H25NOS. The molecule has 0 N–H and O–H groups in total. The third kappa shape index (κ3) is 6.21. The van der Waals surface area contributed by atoms with Crippen LogP contribution in [0.1, 0.15) is 54.4 Å². The number of rotatable bonds is 5. The van der Waals surface area contributed by atoms with Crippen LogP contribution in [0, 0.1) is 0 Å². The van der Waals surface area contributed by atoms with Gasteiger partial charge in [0.15, 0.2) is 0 Å². The van der Waals surface area contributed by atoms with E-state index in [9.17, 15) is 4.79 Å². The molecule has 0 heterocycles. The van der Waals surface area contributed by atoms with Crippen molar-refractivity contribution in [3.05, 3.63) is 11.6 Å². The first kappa shape index (κ1) is 15.6. The molecule has 0 aliphatic carbocycles. The Balaban J connectivity index is 4.73. The number of hydrogen-bond acceptors (Lipinski definition) is 1. The number of carbonyl (C=O) groups is 1. The monoisotopic (exact) mass is 243 g/mol. The molecule has 94 valence electrons. The van der Waals surface area contributed by atoms with Gasteiger partial charge in [-0.2, -0.15) is 4.36 Å². The molecule has 2 nitrogen and oxygen atoms in total. The Kier molecular flexibility index (Phi) is 7.56. The van der Waals surface area contributed by atoms with Crippen molar-refractivity contribution in [1.29, 1.82) is 0 Å². The zero-order valence-corrected chi connectivity index (χ0v) is 12.2. The first-order valence-corrected chi connectivity index (χ1v) is 7.34. The molecule has 0 unspecified atom stereocenters. The average Bonchev–Trinajstić information content (AvgIpc) is 2.13. The highest BCUT2D eigenvalue weighted by Crippen LogP contribution is 2.09. The van der Waals surface area contributed by atoms with Gasteiger partial charge in [0.25, 0.3) is 5.91 Å². The van der Waals surface area contributed by atoms with E-state index in [1.165, 1.54) is 0 Å². The van der Waals surface area contributed by atoms with Gasteiger partial charge in [-0.1, -0.05) is 57.3 Å². The fourth-order valence-electron chi connectivity index (χ4n) is 1.56. The summed E-state index contributed by atoms with van der Waals surface area (Å²) in [6.45, 7) is 12.6. The highest BCUT2D eigenvalue weighted by Gasteiger charge is 2.09. The molecule has 0 aliphatic rings. The Morgan fingerprint density at radius 3 is 2.12 bits per heavy atom. The summed E-state index contributed by atoms with van der Waals surface area (Å²) in [6.07, 6.45) is 3.75.